The Morgan fingerprint density at radius 3 is 2.24 bits per heavy atom. The SMILES string of the molecule is CC(C)(C)NC(=O)[C@@H](c1ccccc1)N(C(=O)CNC(=O)c1cccs1)c1ccccc1F. The van der Waals surface area contributed by atoms with Gasteiger partial charge in [-0.25, -0.2) is 4.39 Å². The van der Waals surface area contributed by atoms with Crippen molar-refractivity contribution in [1.29, 1.82) is 0 Å². The number of halogens is 1. The second-order valence-corrected chi connectivity index (χ2v) is 9.38. The smallest absolute Gasteiger partial charge is 0.261 e. The maximum Gasteiger partial charge on any atom is 0.261 e. The summed E-state index contributed by atoms with van der Waals surface area (Å²) in [5.41, 5.74) is -0.118. The van der Waals surface area contributed by atoms with Crippen molar-refractivity contribution in [2.24, 2.45) is 0 Å². The zero-order valence-electron chi connectivity index (χ0n) is 18.7. The van der Waals surface area contributed by atoms with Crippen molar-refractivity contribution in [3.63, 3.8) is 0 Å². The molecule has 0 spiro atoms. The number of thiophene rings is 1. The molecular weight excluding hydrogens is 441 g/mol. The topological polar surface area (TPSA) is 78.5 Å². The number of carbonyl (C=O) groups is 3. The third kappa shape index (κ3) is 6.26. The molecule has 3 amide bonds. The Morgan fingerprint density at radius 1 is 0.970 bits per heavy atom. The number of benzene rings is 2. The highest BCUT2D eigenvalue weighted by Crippen LogP contribution is 2.30. The van der Waals surface area contributed by atoms with E-state index in [4.69, 9.17) is 0 Å². The minimum absolute atomic E-state index is 0.0502. The summed E-state index contributed by atoms with van der Waals surface area (Å²) < 4.78 is 14.9. The van der Waals surface area contributed by atoms with E-state index in [-0.39, 0.29) is 5.69 Å². The summed E-state index contributed by atoms with van der Waals surface area (Å²) in [6.45, 7) is 5.06. The van der Waals surface area contributed by atoms with Gasteiger partial charge in [0.2, 0.25) is 11.8 Å². The normalized spacial score (nSPS) is 12.0. The van der Waals surface area contributed by atoms with E-state index in [2.05, 4.69) is 10.6 Å². The molecule has 6 nitrogen and oxygen atoms in total. The number of para-hydroxylation sites is 1. The van der Waals surface area contributed by atoms with E-state index >= 15 is 0 Å². The quantitative estimate of drug-likeness (QED) is 0.544. The third-order valence-electron chi connectivity index (χ3n) is 4.65. The highest BCUT2D eigenvalue weighted by molar-refractivity contribution is 7.12. The number of anilines is 1. The molecule has 172 valence electrons. The number of nitrogens with one attached hydrogen (secondary N) is 2. The zero-order chi connectivity index (χ0) is 24.0. The van der Waals surface area contributed by atoms with Crippen molar-refractivity contribution in [3.05, 3.63) is 88.4 Å². The fourth-order valence-corrected chi connectivity index (χ4v) is 3.93. The monoisotopic (exact) mass is 467 g/mol. The average Bonchev–Trinajstić information content (AvgIpc) is 3.30. The Balaban J connectivity index is 2.01. The van der Waals surface area contributed by atoms with E-state index in [9.17, 15) is 18.8 Å². The molecule has 0 aliphatic carbocycles. The number of carbonyl (C=O) groups excluding carboxylic acids is 3. The molecule has 2 aromatic carbocycles. The molecule has 0 saturated carbocycles. The van der Waals surface area contributed by atoms with Gasteiger partial charge in [-0.3, -0.25) is 19.3 Å². The van der Waals surface area contributed by atoms with E-state index in [0.717, 1.165) is 4.90 Å². The molecule has 0 unspecified atom stereocenters. The Morgan fingerprint density at radius 2 is 1.64 bits per heavy atom. The van der Waals surface area contributed by atoms with Crippen LogP contribution in [0.3, 0.4) is 0 Å². The van der Waals surface area contributed by atoms with Gasteiger partial charge in [-0.15, -0.1) is 11.3 Å². The summed E-state index contributed by atoms with van der Waals surface area (Å²) in [6, 6.07) is 16.7. The van der Waals surface area contributed by atoms with Gasteiger partial charge in [-0.2, -0.15) is 0 Å². The van der Waals surface area contributed by atoms with Crippen LogP contribution in [-0.2, 0) is 9.59 Å². The molecule has 0 bridgehead atoms. The van der Waals surface area contributed by atoms with Crippen molar-refractivity contribution in [3.8, 4) is 0 Å². The lowest BCUT2D eigenvalue weighted by molar-refractivity contribution is -0.127. The summed E-state index contributed by atoms with van der Waals surface area (Å²) in [4.78, 5) is 40.8. The molecular formula is C25H26FN3O3S. The fourth-order valence-electron chi connectivity index (χ4n) is 3.29. The van der Waals surface area contributed by atoms with Crippen LogP contribution in [0.25, 0.3) is 0 Å². The van der Waals surface area contributed by atoms with Crippen molar-refractivity contribution in [2.45, 2.75) is 32.4 Å². The van der Waals surface area contributed by atoms with Crippen LogP contribution in [0.2, 0.25) is 0 Å². The van der Waals surface area contributed by atoms with E-state index < -0.39 is 41.7 Å². The van der Waals surface area contributed by atoms with Gasteiger partial charge in [-0.05, 0) is 49.9 Å². The van der Waals surface area contributed by atoms with Gasteiger partial charge in [0.15, 0.2) is 0 Å². The summed E-state index contributed by atoms with van der Waals surface area (Å²) in [6.07, 6.45) is 0. The molecule has 33 heavy (non-hydrogen) atoms. The highest BCUT2D eigenvalue weighted by atomic mass is 32.1. The number of rotatable bonds is 7. The lowest BCUT2D eigenvalue weighted by Gasteiger charge is -2.34. The lowest BCUT2D eigenvalue weighted by atomic mass is 10.0. The first-order valence-corrected chi connectivity index (χ1v) is 11.3. The van der Waals surface area contributed by atoms with Crippen LogP contribution in [0.4, 0.5) is 10.1 Å². The largest absolute Gasteiger partial charge is 0.349 e. The van der Waals surface area contributed by atoms with Gasteiger partial charge in [0.1, 0.15) is 11.9 Å². The fraction of sp³-hybridized carbons (Fsp3) is 0.240. The summed E-state index contributed by atoms with van der Waals surface area (Å²) in [7, 11) is 0. The molecule has 0 aliphatic rings. The molecule has 0 radical (unpaired) electrons. The van der Waals surface area contributed by atoms with Crippen LogP contribution in [0.1, 0.15) is 42.0 Å². The molecule has 8 heteroatoms. The zero-order valence-corrected chi connectivity index (χ0v) is 19.5. The maximum absolute atomic E-state index is 14.9. The number of hydrogen-bond acceptors (Lipinski definition) is 4. The van der Waals surface area contributed by atoms with Gasteiger partial charge in [0.05, 0.1) is 17.1 Å². The van der Waals surface area contributed by atoms with Crippen LogP contribution in [0.15, 0.2) is 72.1 Å². The van der Waals surface area contributed by atoms with Crippen LogP contribution >= 0.6 is 11.3 Å². The van der Waals surface area contributed by atoms with Gasteiger partial charge < -0.3 is 10.6 Å². The van der Waals surface area contributed by atoms with Gasteiger partial charge >= 0.3 is 0 Å². The van der Waals surface area contributed by atoms with Gasteiger partial charge in [-0.1, -0.05) is 48.5 Å². The van der Waals surface area contributed by atoms with Crippen molar-refractivity contribution < 1.29 is 18.8 Å². The number of hydrogen-bond donors (Lipinski definition) is 2. The van der Waals surface area contributed by atoms with Crippen molar-refractivity contribution >= 4 is 34.7 Å². The van der Waals surface area contributed by atoms with E-state index in [1.807, 2.05) is 20.8 Å². The molecule has 3 aromatic rings. The molecule has 1 aromatic heterocycles. The lowest BCUT2D eigenvalue weighted by Crippen LogP contribution is -2.51. The van der Waals surface area contributed by atoms with Gasteiger partial charge in [0, 0.05) is 5.54 Å². The first kappa shape index (κ1) is 24.1. The minimum Gasteiger partial charge on any atom is -0.349 e. The highest BCUT2D eigenvalue weighted by Gasteiger charge is 2.35. The standard InChI is InChI=1S/C25H26FN3O3S/c1-25(2,3)28-24(32)22(17-10-5-4-6-11-17)29(19-13-8-7-12-18(19)26)21(30)16-27-23(31)20-14-9-15-33-20/h4-15,22H,16H2,1-3H3,(H,27,31)(H,28,32)/t22-/m1/s1. The molecule has 0 aliphatic heterocycles. The maximum atomic E-state index is 14.9. The second-order valence-electron chi connectivity index (χ2n) is 8.43. The molecule has 3 rings (SSSR count). The minimum atomic E-state index is -1.14. The Hall–Kier alpha value is -3.52. The van der Waals surface area contributed by atoms with Crippen molar-refractivity contribution in [2.75, 3.05) is 11.4 Å². The van der Waals surface area contributed by atoms with Crippen LogP contribution in [0, 0.1) is 5.82 Å². The predicted octanol–water partition coefficient (Wildman–Crippen LogP) is 4.31. The van der Waals surface area contributed by atoms with Gasteiger partial charge in [0.25, 0.3) is 5.91 Å². The first-order chi connectivity index (χ1) is 15.7. The van der Waals surface area contributed by atoms with E-state index in [1.165, 1.54) is 29.5 Å². The summed E-state index contributed by atoms with van der Waals surface area (Å²) in [5, 5.41) is 7.22. The van der Waals surface area contributed by atoms with Crippen LogP contribution in [-0.4, -0.2) is 29.8 Å². The Kier molecular flexibility index (Phi) is 7.60. The van der Waals surface area contributed by atoms with E-state index in [1.54, 1.807) is 53.9 Å². The molecule has 0 fully saturated rings. The summed E-state index contributed by atoms with van der Waals surface area (Å²) >= 11 is 1.24. The van der Waals surface area contributed by atoms with Crippen LogP contribution < -0.4 is 15.5 Å². The second kappa shape index (κ2) is 10.4. The summed E-state index contributed by atoms with van der Waals surface area (Å²) in [5.74, 6) is -2.15. The molecule has 0 saturated heterocycles. The average molecular weight is 468 g/mol. The molecule has 1 atom stereocenters. The van der Waals surface area contributed by atoms with E-state index in [0.29, 0.717) is 10.4 Å². The van der Waals surface area contributed by atoms with Crippen LogP contribution in [0.5, 0.6) is 0 Å². The number of amides is 3. The predicted molar refractivity (Wildman–Crippen MR) is 128 cm³/mol. The first-order valence-electron chi connectivity index (χ1n) is 10.4. The van der Waals surface area contributed by atoms with Crippen molar-refractivity contribution in [1.82, 2.24) is 10.6 Å². The Bertz CT molecular complexity index is 1110. The molecule has 2 N–H and O–H groups in total. The third-order valence-corrected chi connectivity index (χ3v) is 5.51. The Labute approximate surface area is 196 Å². The molecule has 1 heterocycles. The number of nitrogens with zero attached hydrogens (tertiary/aromatic N) is 1.